The van der Waals surface area contributed by atoms with Gasteiger partial charge in [0.2, 0.25) is 5.96 Å². The summed E-state index contributed by atoms with van der Waals surface area (Å²) in [6.45, 7) is 2.57. The molecule has 0 spiro atoms. The van der Waals surface area contributed by atoms with E-state index in [0.717, 1.165) is 10.7 Å². The number of hydrogen-bond acceptors (Lipinski definition) is 4. The topological polar surface area (TPSA) is 75.3 Å². The van der Waals surface area contributed by atoms with Crippen LogP contribution in [0.15, 0.2) is 10.4 Å². The summed E-state index contributed by atoms with van der Waals surface area (Å²) in [5.74, 6) is 6.13. The average molecular weight is 253 g/mol. The van der Waals surface area contributed by atoms with Crippen molar-refractivity contribution in [3.05, 3.63) is 16.1 Å². The molecule has 0 bridgehead atoms. The molecule has 1 aromatic heterocycles. The van der Waals surface area contributed by atoms with Gasteiger partial charge in [0.25, 0.3) is 0 Å². The van der Waals surface area contributed by atoms with Gasteiger partial charge in [-0.2, -0.15) is 0 Å². The van der Waals surface area contributed by atoms with Crippen molar-refractivity contribution in [2.45, 2.75) is 45.2 Å². The van der Waals surface area contributed by atoms with Crippen LogP contribution in [0.5, 0.6) is 0 Å². The Labute approximate surface area is 106 Å². The van der Waals surface area contributed by atoms with Crippen molar-refractivity contribution in [3.8, 4) is 0 Å². The average Bonchev–Trinajstić information content (AvgIpc) is 2.96. The fourth-order valence-corrected chi connectivity index (χ4v) is 2.64. The molecule has 0 amide bonds. The second kappa shape index (κ2) is 5.97. The first-order valence-electron chi connectivity index (χ1n) is 5.96. The Morgan fingerprint density at radius 3 is 2.94 bits per heavy atom. The Balaban J connectivity index is 1.88. The summed E-state index contributed by atoms with van der Waals surface area (Å²) in [4.78, 5) is 8.77. The van der Waals surface area contributed by atoms with E-state index in [0.29, 0.717) is 18.5 Å². The highest BCUT2D eigenvalue weighted by molar-refractivity contribution is 7.09. The molecule has 17 heavy (non-hydrogen) atoms. The molecular formula is C11H19N5S. The van der Waals surface area contributed by atoms with Crippen molar-refractivity contribution in [3.63, 3.8) is 0 Å². The van der Waals surface area contributed by atoms with Crippen molar-refractivity contribution in [2.24, 2.45) is 10.8 Å². The monoisotopic (exact) mass is 253 g/mol. The third kappa shape index (κ3) is 3.67. The zero-order valence-electron chi connectivity index (χ0n) is 10.1. The number of nitrogens with one attached hydrogen (secondary N) is 2. The van der Waals surface area contributed by atoms with E-state index in [1.165, 1.54) is 25.7 Å². The van der Waals surface area contributed by atoms with E-state index in [1.807, 2.05) is 12.3 Å². The molecule has 1 aromatic rings. The fourth-order valence-electron chi connectivity index (χ4n) is 2.04. The molecule has 1 aliphatic rings. The number of aromatic nitrogens is 1. The number of guanidine groups is 1. The zero-order chi connectivity index (χ0) is 12.1. The molecule has 1 saturated carbocycles. The number of thiazole rings is 1. The lowest BCUT2D eigenvalue weighted by molar-refractivity contribution is 0.614. The molecule has 0 aliphatic heterocycles. The second-order valence-electron chi connectivity index (χ2n) is 4.29. The molecule has 0 saturated heterocycles. The summed E-state index contributed by atoms with van der Waals surface area (Å²) in [6.07, 6.45) is 4.99. The van der Waals surface area contributed by atoms with Crippen molar-refractivity contribution >= 4 is 17.3 Å². The highest BCUT2D eigenvalue weighted by atomic mass is 32.1. The van der Waals surface area contributed by atoms with E-state index in [-0.39, 0.29) is 0 Å². The summed E-state index contributed by atoms with van der Waals surface area (Å²) in [5.41, 5.74) is 3.61. The minimum absolute atomic E-state index is 0.516. The van der Waals surface area contributed by atoms with Gasteiger partial charge in [0.15, 0.2) is 0 Å². The number of nitrogens with two attached hydrogens (primary N) is 1. The van der Waals surface area contributed by atoms with Crippen LogP contribution >= 0.6 is 11.3 Å². The molecule has 0 radical (unpaired) electrons. The Bertz CT molecular complexity index is 381. The van der Waals surface area contributed by atoms with Gasteiger partial charge in [-0.25, -0.2) is 15.8 Å². The molecule has 94 valence electrons. The predicted octanol–water partition coefficient (Wildman–Crippen LogP) is 1.30. The van der Waals surface area contributed by atoms with Crippen LogP contribution in [-0.2, 0) is 6.54 Å². The Morgan fingerprint density at radius 1 is 1.59 bits per heavy atom. The van der Waals surface area contributed by atoms with E-state index < -0.39 is 0 Å². The van der Waals surface area contributed by atoms with Crippen molar-refractivity contribution in [1.29, 1.82) is 0 Å². The van der Waals surface area contributed by atoms with Crippen LogP contribution < -0.4 is 16.6 Å². The third-order valence-electron chi connectivity index (χ3n) is 2.90. The van der Waals surface area contributed by atoms with Crippen LogP contribution in [0.1, 0.15) is 36.4 Å². The van der Waals surface area contributed by atoms with Crippen LogP contribution in [0.4, 0.5) is 0 Å². The predicted molar refractivity (Wildman–Crippen MR) is 70.7 cm³/mol. The quantitative estimate of drug-likeness (QED) is 0.328. The lowest BCUT2D eigenvalue weighted by atomic mass is 10.2. The number of aliphatic imine (C=N–C) groups is 1. The van der Waals surface area contributed by atoms with Gasteiger partial charge in [-0.05, 0) is 19.8 Å². The lowest BCUT2D eigenvalue weighted by Gasteiger charge is -2.14. The van der Waals surface area contributed by atoms with Crippen molar-refractivity contribution in [2.75, 3.05) is 0 Å². The Morgan fingerprint density at radius 2 is 2.35 bits per heavy atom. The second-order valence-corrected chi connectivity index (χ2v) is 5.35. The van der Waals surface area contributed by atoms with Gasteiger partial charge in [-0.1, -0.05) is 12.8 Å². The maximum atomic E-state index is 5.46. The van der Waals surface area contributed by atoms with Crippen LogP contribution in [-0.4, -0.2) is 17.0 Å². The van der Waals surface area contributed by atoms with E-state index in [1.54, 1.807) is 11.3 Å². The third-order valence-corrected chi connectivity index (χ3v) is 3.72. The Hall–Kier alpha value is -1.14. The molecule has 1 aliphatic carbocycles. The van der Waals surface area contributed by atoms with E-state index >= 15 is 0 Å². The van der Waals surface area contributed by atoms with Gasteiger partial charge in [-0.15, -0.1) is 11.3 Å². The molecular weight excluding hydrogens is 234 g/mol. The van der Waals surface area contributed by atoms with Gasteiger partial charge < -0.3 is 5.32 Å². The van der Waals surface area contributed by atoms with Crippen LogP contribution in [0.2, 0.25) is 0 Å². The highest BCUT2D eigenvalue weighted by Gasteiger charge is 2.15. The number of hydrogen-bond donors (Lipinski definition) is 3. The molecule has 0 unspecified atom stereocenters. The summed E-state index contributed by atoms with van der Waals surface area (Å²) in [6, 6.07) is 0.516. The Kier molecular flexibility index (Phi) is 4.33. The minimum Gasteiger partial charge on any atom is -0.353 e. The molecule has 0 atom stereocenters. The number of hydrazine groups is 1. The van der Waals surface area contributed by atoms with Gasteiger partial charge in [0.1, 0.15) is 0 Å². The van der Waals surface area contributed by atoms with Gasteiger partial charge in [0.05, 0.1) is 17.2 Å². The zero-order valence-corrected chi connectivity index (χ0v) is 10.9. The van der Waals surface area contributed by atoms with E-state index in [4.69, 9.17) is 5.84 Å². The summed E-state index contributed by atoms with van der Waals surface area (Å²) >= 11 is 1.64. The largest absolute Gasteiger partial charge is 0.353 e. The number of rotatable bonds is 3. The van der Waals surface area contributed by atoms with Crippen LogP contribution in [0.3, 0.4) is 0 Å². The summed E-state index contributed by atoms with van der Waals surface area (Å²) in [7, 11) is 0. The maximum Gasteiger partial charge on any atom is 0.206 e. The van der Waals surface area contributed by atoms with Gasteiger partial charge >= 0.3 is 0 Å². The first-order chi connectivity index (χ1) is 8.28. The maximum absolute atomic E-state index is 5.46. The summed E-state index contributed by atoms with van der Waals surface area (Å²) in [5, 5.41) is 6.43. The molecule has 6 heteroatoms. The lowest BCUT2D eigenvalue weighted by Crippen LogP contribution is -2.45. The molecule has 4 N–H and O–H groups in total. The van der Waals surface area contributed by atoms with Gasteiger partial charge in [0, 0.05) is 11.4 Å². The van der Waals surface area contributed by atoms with Crippen LogP contribution in [0, 0.1) is 6.92 Å². The minimum atomic E-state index is 0.516. The normalized spacial score (nSPS) is 17.4. The molecule has 5 nitrogen and oxygen atoms in total. The first-order valence-corrected chi connectivity index (χ1v) is 6.84. The van der Waals surface area contributed by atoms with E-state index in [9.17, 15) is 0 Å². The van der Waals surface area contributed by atoms with Crippen molar-refractivity contribution < 1.29 is 0 Å². The molecule has 2 rings (SSSR count). The summed E-state index contributed by atoms with van der Waals surface area (Å²) < 4.78 is 0. The molecule has 0 aromatic carbocycles. The standard InChI is InChI=1S/C11H19N5S/c1-8-14-10(7-17-8)6-13-11(16-12)15-9-4-2-3-5-9/h7,9H,2-6,12H2,1H3,(H2,13,15,16). The number of aryl methyl sites for hydroxylation is 1. The van der Waals surface area contributed by atoms with Gasteiger partial charge in [-0.3, -0.25) is 5.43 Å². The molecule has 1 fully saturated rings. The van der Waals surface area contributed by atoms with Crippen molar-refractivity contribution in [1.82, 2.24) is 15.7 Å². The number of nitrogens with zero attached hydrogens (tertiary/aromatic N) is 2. The highest BCUT2D eigenvalue weighted by Crippen LogP contribution is 2.17. The smallest absolute Gasteiger partial charge is 0.206 e. The molecule has 1 heterocycles. The van der Waals surface area contributed by atoms with E-state index in [2.05, 4.69) is 20.7 Å². The van der Waals surface area contributed by atoms with Crippen LogP contribution in [0.25, 0.3) is 0 Å². The first kappa shape index (κ1) is 12.3. The fraction of sp³-hybridized carbons (Fsp3) is 0.636. The SMILES string of the molecule is Cc1nc(CN=C(NN)NC2CCCC2)cs1.